The predicted molar refractivity (Wildman–Crippen MR) is 135 cm³/mol. The number of rotatable bonds is 5. The molecule has 6 nitrogen and oxygen atoms in total. The van der Waals surface area contributed by atoms with Crippen molar-refractivity contribution in [2.75, 3.05) is 51.4 Å². The van der Waals surface area contributed by atoms with Crippen LogP contribution < -0.4 is 15.5 Å². The Morgan fingerprint density at radius 3 is 2.57 bits per heavy atom. The highest BCUT2D eigenvalue weighted by Gasteiger charge is 2.35. The Hall–Kier alpha value is -1.06. The molecule has 30 heavy (non-hydrogen) atoms. The van der Waals surface area contributed by atoms with Gasteiger partial charge >= 0.3 is 0 Å². The summed E-state index contributed by atoms with van der Waals surface area (Å²) in [7, 11) is 1.84. The highest BCUT2D eigenvalue weighted by molar-refractivity contribution is 14.0. The molecular formula is C23H39IN4O2. The number of benzene rings is 1. The molecule has 2 heterocycles. The van der Waals surface area contributed by atoms with Gasteiger partial charge in [0.15, 0.2) is 5.96 Å². The number of ether oxygens (including phenoxy) is 2. The Labute approximate surface area is 199 Å². The highest BCUT2D eigenvalue weighted by Crippen LogP contribution is 2.33. The molecule has 0 saturated carbocycles. The molecule has 0 bridgehead atoms. The fraction of sp³-hybridized carbons (Fsp3) is 0.696. The lowest BCUT2D eigenvalue weighted by Crippen LogP contribution is -2.47. The molecule has 0 amide bonds. The van der Waals surface area contributed by atoms with Gasteiger partial charge in [0.2, 0.25) is 0 Å². The second kappa shape index (κ2) is 12.1. The maximum atomic E-state index is 6.12. The topological polar surface area (TPSA) is 58.1 Å². The number of hydrogen-bond donors (Lipinski definition) is 2. The number of para-hydroxylation sites is 1. The standard InChI is InChI=1S/C23H38N4O2.HI/c1-23(2,3)21-19(9-7-13-29-21)17-26-22(24-4)25-16-18-8-5-6-10-20(18)27-11-14-28-15-12-27;/h5-6,8,10,19,21H,7,9,11-17H2,1-4H3,(H2,24,25,26);1H. The number of hydrogen-bond acceptors (Lipinski definition) is 4. The third-order valence-electron chi connectivity index (χ3n) is 5.84. The molecule has 0 aliphatic carbocycles. The van der Waals surface area contributed by atoms with Crippen LogP contribution in [0.15, 0.2) is 29.3 Å². The first-order valence-corrected chi connectivity index (χ1v) is 11.0. The molecule has 2 unspecified atom stereocenters. The summed E-state index contributed by atoms with van der Waals surface area (Å²) >= 11 is 0. The maximum Gasteiger partial charge on any atom is 0.191 e. The Balaban J connectivity index is 0.00000320. The van der Waals surface area contributed by atoms with Crippen LogP contribution in [0.1, 0.15) is 39.2 Å². The number of aliphatic imine (C=N–C) groups is 1. The van der Waals surface area contributed by atoms with Crippen molar-refractivity contribution in [1.29, 1.82) is 0 Å². The van der Waals surface area contributed by atoms with Gasteiger partial charge in [-0.2, -0.15) is 0 Å². The molecule has 2 fully saturated rings. The minimum Gasteiger partial charge on any atom is -0.378 e. The zero-order chi connectivity index (χ0) is 20.7. The molecule has 7 heteroatoms. The van der Waals surface area contributed by atoms with Gasteiger partial charge in [-0.05, 0) is 29.9 Å². The van der Waals surface area contributed by atoms with Crippen LogP contribution in [0, 0.1) is 11.3 Å². The summed E-state index contributed by atoms with van der Waals surface area (Å²) in [6.07, 6.45) is 2.62. The lowest BCUT2D eigenvalue weighted by Gasteiger charge is -2.40. The highest BCUT2D eigenvalue weighted by atomic mass is 127. The fourth-order valence-electron chi connectivity index (χ4n) is 4.41. The van der Waals surface area contributed by atoms with Crippen LogP contribution in [0.3, 0.4) is 0 Å². The second-order valence-corrected chi connectivity index (χ2v) is 9.09. The van der Waals surface area contributed by atoms with Gasteiger partial charge < -0.3 is 25.0 Å². The molecular weight excluding hydrogens is 491 g/mol. The van der Waals surface area contributed by atoms with Crippen molar-refractivity contribution in [3.8, 4) is 0 Å². The first-order valence-electron chi connectivity index (χ1n) is 11.0. The minimum atomic E-state index is 0. The van der Waals surface area contributed by atoms with Crippen LogP contribution in [-0.4, -0.2) is 58.6 Å². The van der Waals surface area contributed by atoms with E-state index in [1.54, 1.807) is 0 Å². The number of morpholine rings is 1. The largest absolute Gasteiger partial charge is 0.378 e. The van der Waals surface area contributed by atoms with Crippen molar-refractivity contribution in [1.82, 2.24) is 10.6 Å². The molecule has 0 radical (unpaired) electrons. The monoisotopic (exact) mass is 530 g/mol. The Bertz CT molecular complexity index is 671. The molecule has 0 spiro atoms. The van der Waals surface area contributed by atoms with Crippen molar-refractivity contribution in [2.24, 2.45) is 16.3 Å². The van der Waals surface area contributed by atoms with E-state index in [-0.39, 0.29) is 35.5 Å². The van der Waals surface area contributed by atoms with E-state index in [0.29, 0.717) is 5.92 Å². The molecule has 2 atom stereocenters. The third kappa shape index (κ3) is 6.99. The summed E-state index contributed by atoms with van der Waals surface area (Å²) in [5.41, 5.74) is 2.72. The van der Waals surface area contributed by atoms with E-state index in [0.717, 1.165) is 58.4 Å². The fourth-order valence-corrected chi connectivity index (χ4v) is 4.41. The molecule has 0 aromatic heterocycles. The van der Waals surface area contributed by atoms with Gasteiger partial charge in [-0.25, -0.2) is 0 Å². The first kappa shape index (κ1) is 25.2. The van der Waals surface area contributed by atoms with E-state index in [9.17, 15) is 0 Å². The van der Waals surface area contributed by atoms with E-state index in [1.165, 1.54) is 17.7 Å². The van der Waals surface area contributed by atoms with E-state index < -0.39 is 0 Å². The Morgan fingerprint density at radius 2 is 1.87 bits per heavy atom. The zero-order valence-electron chi connectivity index (χ0n) is 18.9. The van der Waals surface area contributed by atoms with Crippen LogP contribution in [0.4, 0.5) is 5.69 Å². The average molecular weight is 530 g/mol. The Morgan fingerprint density at radius 1 is 1.13 bits per heavy atom. The predicted octanol–water partition coefficient (Wildman–Crippen LogP) is 3.65. The van der Waals surface area contributed by atoms with E-state index in [1.807, 2.05) is 7.05 Å². The van der Waals surface area contributed by atoms with Gasteiger partial charge in [0.1, 0.15) is 0 Å². The summed E-state index contributed by atoms with van der Waals surface area (Å²) in [6.45, 7) is 12.8. The lowest BCUT2D eigenvalue weighted by atomic mass is 9.78. The number of guanidine groups is 1. The molecule has 170 valence electrons. The van der Waals surface area contributed by atoms with Crippen LogP contribution in [0.5, 0.6) is 0 Å². The number of nitrogens with zero attached hydrogens (tertiary/aromatic N) is 2. The van der Waals surface area contributed by atoms with E-state index in [4.69, 9.17) is 9.47 Å². The van der Waals surface area contributed by atoms with Crippen LogP contribution in [0.2, 0.25) is 0 Å². The summed E-state index contributed by atoms with van der Waals surface area (Å²) < 4.78 is 11.6. The smallest absolute Gasteiger partial charge is 0.191 e. The van der Waals surface area contributed by atoms with Crippen molar-refractivity contribution in [2.45, 2.75) is 46.3 Å². The van der Waals surface area contributed by atoms with Crippen molar-refractivity contribution in [3.05, 3.63) is 29.8 Å². The quantitative estimate of drug-likeness (QED) is 0.346. The minimum absolute atomic E-state index is 0. The van der Waals surface area contributed by atoms with Gasteiger partial charge in [0, 0.05) is 51.4 Å². The normalized spacial score (nSPS) is 22.9. The molecule has 2 aliphatic heterocycles. The molecule has 2 N–H and O–H groups in total. The summed E-state index contributed by atoms with van der Waals surface area (Å²) in [6, 6.07) is 8.60. The van der Waals surface area contributed by atoms with E-state index in [2.05, 4.69) is 65.6 Å². The molecule has 1 aromatic rings. The van der Waals surface area contributed by atoms with Gasteiger partial charge in [0.25, 0.3) is 0 Å². The zero-order valence-corrected chi connectivity index (χ0v) is 21.3. The van der Waals surface area contributed by atoms with Crippen LogP contribution in [0.25, 0.3) is 0 Å². The summed E-state index contributed by atoms with van der Waals surface area (Å²) in [5, 5.41) is 7.03. The molecule has 2 saturated heterocycles. The van der Waals surface area contributed by atoms with Crippen molar-refractivity contribution < 1.29 is 9.47 Å². The summed E-state index contributed by atoms with van der Waals surface area (Å²) in [4.78, 5) is 6.84. The Kier molecular flexibility index (Phi) is 10.2. The van der Waals surface area contributed by atoms with Gasteiger partial charge in [-0.3, -0.25) is 4.99 Å². The van der Waals surface area contributed by atoms with Gasteiger partial charge in [0.05, 0.1) is 19.3 Å². The lowest BCUT2D eigenvalue weighted by molar-refractivity contribution is -0.0835. The van der Waals surface area contributed by atoms with Crippen LogP contribution in [-0.2, 0) is 16.0 Å². The van der Waals surface area contributed by atoms with Gasteiger partial charge in [-0.15, -0.1) is 24.0 Å². The SMILES string of the molecule is CN=C(NCc1ccccc1N1CCOCC1)NCC1CCCOC1C(C)(C)C.I. The molecule has 3 rings (SSSR count). The number of halogens is 1. The first-order chi connectivity index (χ1) is 14.0. The molecule has 2 aliphatic rings. The van der Waals surface area contributed by atoms with Crippen molar-refractivity contribution >= 4 is 35.6 Å². The second-order valence-electron chi connectivity index (χ2n) is 9.09. The van der Waals surface area contributed by atoms with Crippen molar-refractivity contribution in [3.63, 3.8) is 0 Å². The number of anilines is 1. The van der Waals surface area contributed by atoms with Gasteiger partial charge in [-0.1, -0.05) is 39.0 Å². The van der Waals surface area contributed by atoms with Crippen LogP contribution >= 0.6 is 24.0 Å². The number of nitrogens with one attached hydrogen (secondary N) is 2. The third-order valence-corrected chi connectivity index (χ3v) is 5.84. The maximum absolute atomic E-state index is 6.12. The average Bonchev–Trinajstić information content (AvgIpc) is 2.74. The molecule has 1 aromatic carbocycles. The van der Waals surface area contributed by atoms with E-state index >= 15 is 0 Å². The summed E-state index contributed by atoms with van der Waals surface area (Å²) in [5.74, 6) is 1.35.